The summed E-state index contributed by atoms with van der Waals surface area (Å²) in [6.45, 7) is 3.98. The maximum absolute atomic E-state index is 11.0. The van der Waals surface area contributed by atoms with E-state index in [2.05, 4.69) is 26.1 Å². The van der Waals surface area contributed by atoms with Gasteiger partial charge in [-0.15, -0.1) is 0 Å². The van der Waals surface area contributed by atoms with E-state index in [-0.39, 0.29) is 11.3 Å². The van der Waals surface area contributed by atoms with Gasteiger partial charge in [-0.2, -0.15) is 4.98 Å². The summed E-state index contributed by atoms with van der Waals surface area (Å²) < 4.78 is 5.85. The van der Waals surface area contributed by atoms with E-state index < -0.39 is 5.91 Å². The fourth-order valence-corrected chi connectivity index (χ4v) is 2.28. The molecule has 5 nitrogen and oxygen atoms in total. The van der Waals surface area contributed by atoms with Crippen molar-refractivity contribution >= 4 is 21.8 Å². The number of hydrogen-bond acceptors (Lipinski definition) is 4. The van der Waals surface area contributed by atoms with Crippen molar-refractivity contribution in [3.05, 3.63) is 46.0 Å². The molecule has 100 valence electrons. The Morgan fingerprint density at radius 1 is 1.47 bits per heavy atom. The number of primary amides is 1. The molecule has 0 spiro atoms. The summed E-state index contributed by atoms with van der Waals surface area (Å²) in [4.78, 5) is 15.0. The van der Waals surface area contributed by atoms with E-state index in [0.29, 0.717) is 5.82 Å². The van der Waals surface area contributed by atoms with Gasteiger partial charge in [0.25, 0.3) is 0 Å². The first-order chi connectivity index (χ1) is 8.88. The van der Waals surface area contributed by atoms with E-state index in [1.54, 1.807) is 0 Å². The minimum Gasteiger partial charge on any atom is -0.361 e. The van der Waals surface area contributed by atoms with Crippen LogP contribution in [0.25, 0.3) is 0 Å². The average molecular weight is 324 g/mol. The highest BCUT2D eigenvalue weighted by Gasteiger charge is 2.28. The molecule has 0 atom stereocenters. The molecule has 0 radical (unpaired) electrons. The van der Waals surface area contributed by atoms with Crippen LogP contribution in [0.4, 0.5) is 0 Å². The molecule has 19 heavy (non-hydrogen) atoms. The third kappa shape index (κ3) is 3.20. The lowest BCUT2D eigenvalue weighted by Crippen LogP contribution is -2.23. The lowest BCUT2D eigenvalue weighted by Gasteiger charge is -2.20. The average Bonchev–Trinajstić information content (AvgIpc) is 2.78. The summed E-state index contributed by atoms with van der Waals surface area (Å²) in [6, 6.07) is 8.01. The van der Waals surface area contributed by atoms with E-state index in [9.17, 15) is 4.79 Å². The zero-order chi connectivity index (χ0) is 14.0. The van der Waals surface area contributed by atoms with Crippen molar-refractivity contribution < 1.29 is 9.32 Å². The molecule has 0 bridgehead atoms. The lowest BCUT2D eigenvalue weighted by molar-refractivity contribution is 0.0958. The zero-order valence-electron chi connectivity index (χ0n) is 10.7. The number of aromatic nitrogens is 2. The van der Waals surface area contributed by atoms with Gasteiger partial charge in [-0.05, 0) is 24.1 Å². The van der Waals surface area contributed by atoms with Crippen LogP contribution >= 0.6 is 15.9 Å². The van der Waals surface area contributed by atoms with E-state index in [1.165, 1.54) is 0 Å². The van der Waals surface area contributed by atoms with Crippen LogP contribution in [-0.4, -0.2) is 16.0 Å². The summed E-state index contributed by atoms with van der Waals surface area (Å²) in [6.07, 6.45) is 0.726. The van der Waals surface area contributed by atoms with Gasteiger partial charge < -0.3 is 10.3 Å². The van der Waals surface area contributed by atoms with Crippen molar-refractivity contribution in [2.75, 3.05) is 0 Å². The normalized spacial score (nSPS) is 11.5. The highest BCUT2D eigenvalue weighted by atomic mass is 79.9. The van der Waals surface area contributed by atoms with Crippen molar-refractivity contribution in [1.29, 1.82) is 0 Å². The summed E-state index contributed by atoms with van der Waals surface area (Å²) in [5.74, 6) is -0.393. The van der Waals surface area contributed by atoms with Crippen LogP contribution in [-0.2, 0) is 11.8 Å². The Bertz CT molecular complexity index is 607. The molecule has 2 aromatic rings. The van der Waals surface area contributed by atoms with Crippen LogP contribution in [0.1, 0.15) is 35.9 Å². The van der Waals surface area contributed by atoms with Crippen molar-refractivity contribution in [3.63, 3.8) is 0 Å². The number of nitrogens with zero attached hydrogens (tertiary/aromatic N) is 2. The van der Waals surface area contributed by atoms with Crippen LogP contribution in [0, 0.1) is 0 Å². The first-order valence-corrected chi connectivity index (χ1v) is 6.56. The van der Waals surface area contributed by atoms with Gasteiger partial charge in [0.1, 0.15) is 0 Å². The zero-order valence-corrected chi connectivity index (χ0v) is 12.3. The Labute approximate surface area is 119 Å². The van der Waals surface area contributed by atoms with Crippen LogP contribution in [0.5, 0.6) is 0 Å². The molecule has 0 saturated heterocycles. The minimum absolute atomic E-state index is 0.155. The number of benzene rings is 1. The summed E-state index contributed by atoms with van der Waals surface area (Å²) in [7, 11) is 0. The van der Waals surface area contributed by atoms with Gasteiger partial charge in [-0.1, -0.05) is 47.1 Å². The Morgan fingerprint density at radius 2 is 2.21 bits per heavy atom. The third-order valence-electron chi connectivity index (χ3n) is 2.78. The lowest BCUT2D eigenvalue weighted by atomic mass is 9.85. The molecule has 1 aromatic carbocycles. The molecule has 1 heterocycles. The highest BCUT2D eigenvalue weighted by Crippen LogP contribution is 2.26. The van der Waals surface area contributed by atoms with Crippen LogP contribution in [0.3, 0.4) is 0 Å². The second-order valence-electron chi connectivity index (χ2n) is 4.98. The minimum atomic E-state index is -0.711. The van der Waals surface area contributed by atoms with Gasteiger partial charge in [0.05, 0.1) is 0 Å². The summed E-state index contributed by atoms with van der Waals surface area (Å²) in [5, 5.41) is 3.83. The number of carbonyl (C=O) groups excluding carboxylic acids is 1. The molecular formula is C13H14BrN3O2. The standard InChI is InChI=1S/C13H14BrN3O2/c1-13(2,7-8-4-3-5-9(14)6-8)12-16-11(10(15)18)19-17-12/h3-6H,7H2,1-2H3,(H2,15,18). The SMILES string of the molecule is CC(C)(Cc1cccc(Br)c1)c1noc(C(N)=O)n1. The molecule has 0 fully saturated rings. The van der Waals surface area contributed by atoms with Crippen LogP contribution in [0.2, 0.25) is 0 Å². The van der Waals surface area contributed by atoms with Gasteiger partial charge in [-0.3, -0.25) is 4.79 Å². The molecule has 2 rings (SSSR count). The van der Waals surface area contributed by atoms with Gasteiger partial charge in [0.2, 0.25) is 0 Å². The van der Waals surface area contributed by atoms with Crippen molar-refractivity contribution in [3.8, 4) is 0 Å². The molecule has 0 aliphatic heterocycles. The molecule has 1 amide bonds. The first-order valence-electron chi connectivity index (χ1n) is 5.77. The van der Waals surface area contributed by atoms with Gasteiger partial charge >= 0.3 is 11.8 Å². The van der Waals surface area contributed by atoms with Crippen molar-refractivity contribution in [1.82, 2.24) is 10.1 Å². The molecule has 1 aromatic heterocycles. The van der Waals surface area contributed by atoms with E-state index in [4.69, 9.17) is 10.3 Å². The molecule has 0 unspecified atom stereocenters. The number of hydrogen-bond donors (Lipinski definition) is 1. The molecule has 2 N–H and O–H groups in total. The number of rotatable bonds is 4. The maximum Gasteiger partial charge on any atom is 0.315 e. The maximum atomic E-state index is 11.0. The van der Waals surface area contributed by atoms with Crippen LogP contribution in [0.15, 0.2) is 33.3 Å². The summed E-state index contributed by atoms with van der Waals surface area (Å²) in [5.41, 5.74) is 5.90. The fourth-order valence-electron chi connectivity index (χ4n) is 1.83. The Morgan fingerprint density at radius 3 is 2.79 bits per heavy atom. The predicted molar refractivity (Wildman–Crippen MR) is 73.7 cm³/mol. The first kappa shape index (κ1) is 13.7. The third-order valence-corrected chi connectivity index (χ3v) is 3.27. The quantitative estimate of drug-likeness (QED) is 0.936. The number of nitrogens with two attached hydrogens (primary N) is 1. The number of carbonyl (C=O) groups is 1. The van der Waals surface area contributed by atoms with Crippen LogP contribution < -0.4 is 5.73 Å². The molecule has 6 heteroatoms. The molecule has 0 aliphatic rings. The Balaban J connectivity index is 2.23. The topological polar surface area (TPSA) is 82.0 Å². The number of halogens is 1. The van der Waals surface area contributed by atoms with E-state index >= 15 is 0 Å². The second-order valence-corrected chi connectivity index (χ2v) is 5.89. The molecule has 0 saturated carbocycles. The summed E-state index contributed by atoms with van der Waals surface area (Å²) >= 11 is 3.44. The largest absolute Gasteiger partial charge is 0.361 e. The number of amides is 1. The Kier molecular flexibility index (Phi) is 3.71. The fraction of sp³-hybridized carbons (Fsp3) is 0.308. The van der Waals surface area contributed by atoms with Gasteiger partial charge in [0, 0.05) is 9.89 Å². The van der Waals surface area contributed by atoms with Crippen molar-refractivity contribution in [2.24, 2.45) is 5.73 Å². The Hall–Kier alpha value is -1.69. The monoisotopic (exact) mass is 323 g/mol. The van der Waals surface area contributed by atoms with Gasteiger partial charge in [0.15, 0.2) is 5.82 Å². The van der Waals surface area contributed by atoms with E-state index in [0.717, 1.165) is 16.5 Å². The molecular weight excluding hydrogens is 310 g/mol. The molecule has 0 aliphatic carbocycles. The second kappa shape index (κ2) is 5.13. The van der Waals surface area contributed by atoms with Gasteiger partial charge in [-0.25, -0.2) is 0 Å². The predicted octanol–water partition coefficient (Wildman–Crippen LogP) is 2.45. The van der Waals surface area contributed by atoms with E-state index in [1.807, 2.05) is 38.1 Å². The highest BCUT2D eigenvalue weighted by molar-refractivity contribution is 9.10. The van der Waals surface area contributed by atoms with Crippen molar-refractivity contribution in [2.45, 2.75) is 25.7 Å². The smallest absolute Gasteiger partial charge is 0.315 e.